The summed E-state index contributed by atoms with van der Waals surface area (Å²) in [6.45, 7) is 0. The van der Waals surface area contributed by atoms with Crippen molar-refractivity contribution in [1.29, 1.82) is 0 Å². The third-order valence-electron chi connectivity index (χ3n) is 8.74. The van der Waals surface area contributed by atoms with Gasteiger partial charge in [-0.05, 0) is 92.5 Å². The first-order valence-corrected chi connectivity index (χ1v) is 20.2. The van der Waals surface area contributed by atoms with Crippen molar-refractivity contribution in [2.75, 3.05) is 0 Å². The Morgan fingerprint density at radius 2 is 0.542 bits per heavy atom. The second-order valence-electron chi connectivity index (χ2n) is 11.6. The molecule has 0 amide bonds. The molecule has 4 heteroatoms. The smallest absolute Gasteiger partial charge is 0.0260 e. The molecule has 0 saturated heterocycles. The molecule has 8 rings (SSSR count). The minimum absolute atomic E-state index is 0.918. The van der Waals surface area contributed by atoms with Crippen LogP contribution in [0, 0.1) is 0 Å². The van der Waals surface area contributed by atoms with Crippen molar-refractivity contribution in [3.8, 4) is 11.1 Å². The van der Waals surface area contributed by atoms with Crippen LogP contribution in [0.4, 0.5) is 0 Å². The number of hydrogen-bond acceptors (Lipinski definition) is 0. The van der Waals surface area contributed by atoms with Gasteiger partial charge in [0.25, 0.3) is 0 Å². The predicted octanol–water partition coefficient (Wildman–Crippen LogP) is 10.7. The Hall–Kier alpha value is -3.90. The highest BCUT2D eigenvalue weighted by Gasteiger charge is 2.29. The van der Waals surface area contributed by atoms with Gasteiger partial charge in [-0.15, -0.1) is 0 Å². The van der Waals surface area contributed by atoms with E-state index in [0.29, 0.717) is 0 Å². The van der Waals surface area contributed by atoms with Crippen LogP contribution in [-0.2, 0) is 0 Å². The van der Waals surface area contributed by atoms with E-state index in [1.807, 2.05) is 0 Å². The second-order valence-corrected chi connectivity index (χ2v) is 17.7. The maximum absolute atomic E-state index is 4.06. The molecule has 8 aromatic carbocycles. The molecule has 0 unspecified atom stereocenters. The van der Waals surface area contributed by atoms with E-state index in [0.717, 1.165) is 8.95 Å². The van der Waals surface area contributed by atoms with Crippen LogP contribution >= 0.6 is 47.7 Å². The Kier molecular flexibility index (Phi) is 9.09. The lowest BCUT2D eigenvalue weighted by Crippen LogP contribution is -2.26. The lowest BCUT2D eigenvalue weighted by atomic mass is 9.93. The number of fused-ring (bicyclic) bond motifs is 2. The van der Waals surface area contributed by atoms with Gasteiger partial charge in [-0.2, -0.15) is 0 Å². The van der Waals surface area contributed by atoms with E-state index < -0.39 is 15.8 Å². The zero-order valence-corrected chi connectivity index (χ0v) is 30.9. The first-order valence-electron chi connectivity index (χ1n) is 15.9. The third-order valence-corrected chi connectivity index (χ3v) is 15.0. The molecule has 0 aliphatic rings. The lowest BCUT2D eigenvalue weighted by molar-refractivity contribution is 1.69. The largest absolute Gasteiger partial charge is 0.0622 e. The molecule has 8 aromatic rings. The van der Waals surface area contributed by atoms with E-state index in [-0.39, 0.29) is 0 Å². The Morgan fingerprint density at radius 1 is 0.292 bits per heavy atom. The summed E-state index contributed by atoms with van der Waals surface area (Å²) >= 11 is 8.11. The van der Waals surface area contributed by atoms with Gasteiger partial charge < -0.3 is 0 Å². The highest BCUT2D eigenvalue weighted by Crippen LogP contribution is 2.48. The Balaban J connectivity index is 1.57. The van der Waals surface area contributed by atoms with Crippen molar-refractivity contribution in [2.24, 2.45) is 0 Å². The molecule has 0 heterocycles. The molecular formula is C44H30Br2P2. The number of hydrogen-bond donors (Lipinski definition) is 0. The second kappa shape index (κ2) is 13.9. The molecule has 0 atom stereocenters. The van der Waals surface area contributed by atoms with Crippen LogP contribution in [0.15, 0.2) is 191 Å². The van der Waals surface area contributed by atoms with Crippen molar-refractivity contribution in [2.45, 2.75) is 0 Å². The van der Waals surface area contributed by atoms with E-state index in [4.69, 9.17) is 0 Å². The fraction of sp³-hybridized carbons (Fsp3) is 0. The normalized spacial score (nSPS) is 11.5. The average molecular weight is 780 g/mol. The molecule has 230 valence electrons. The van der Waals surface area contributed by atoms with Gasteiger partial charge >= 0.3 is 0 Å². The van der Waals surface area contributed by atoms with Gasteiger partial charge in [0, 0.05) is 8.95 Å². The first-order chi connectivity index (χ1) is 23.7. The number of halogens is 2. The molecule has 0 aliphatic carbocycles. The zero-order chi connectivity index (χ0) is 32.5. The summed E-state index contributed by atoms with van der Waals surface area (Å²) in [4.78, 5) is 0. The third kappa shape index (κ3) is 5.87. The van der Waals surface area contributed by atoms with E-state index >= 15 is 0 Å². The van der Waals surface area contributed by atoms with Gasteiger partial charge in [0.15, 0.2) is 0 Å². The lowest BCUT2D eigenvalue weighted by Gasteiger charge is -2.29. The van der Waals surface area contributed by atoms with Crippen LogP contribution in [-0.4, -0.2) is 0 Å². The summed E-state index contributed by atoms with van der Waals surface area (Å²) < 4.78 is 2.24. The Bertz CT molecular complexity index is 2110. The van der Waals surface area contributed by atoms with E-state index in [1.54, 1.807) is 0 Å². The van der Waals surface area contributed by atoms with Crippen molar-refractivity contribution in [3.63, 3.8) is 0 Å². The molecule has 0 nitrogen and oxygen atoms in total. The summed E-state index contributed by atoms with van der Waals surface area (Å²) in [7, 11) is -1.84. The summed E-state index contributed by atoms with van der Waals surface area (Å²) in [5.74, 6) is 0. The quantitative estimate of drug-likeness (QED) is 0.141. The summed E-state index contributed by atoms with van der Waals surface area (Å²) in [5.41, 5.74) is 2.62. The fourth-order valence-electron chi connectivity index (χ4n) is 6.68. The molecule has 0 aliphatic heterocycles. The molecule has 0 fully saturated rings. The molecular weight excluding hydrogens is 750 g/mol. The van der Waals surface area contributed by atoms with Crippen LogP contribution < -0.4 is 31.8 Å². The fourth-order valence-corrected chi connectivity index (χ4v) is 13.2. The van der Waals surface area contributed by atoms with Crippen molar-refractivity contribution >= 4 is 101 Å². The molecule has 0 aromatic heterocycles. The monoisotopic (exact) mass is 778 g/mol. The highest BCUT2D eigenvalue weighted by molar-refractivity contribution is 9.11. The first kappa shape index (κ1) is 31.4. The molecule has 0 N–H and O–H groups in total. The molecule has 0 spiro atoms. The van der Waals surface area contributed by atoms with Gasteiger partial charge in [0.05, 0.1) is 0 Å². The average Bonchev–Trinajstić information content (AvgIpc) is 3.15. The summed E-state index contributed by atoms with van der Waals surface area (Å²) in [5, 5.41) is 13.0. The van der Waals surface area contributed by atoms with Crippen LogP contribution in [0.25, 0.3) is 32.7 Å². The maximum Gasteiger partial charge on any atom is 0.0260 e. The van der Waals surface area contributed by atoms with Gasteiger partial charge in [-0.3, -0.25) is 0 Å². The minimum Gasteiger partial charge on any atom is -0.0622 e. The predicted molar refractivity (Wildman–Crippen MR) is 220 cm³/mol. The van der Waals surface area contributed by atoms with Gasteiger partial charge in [-0.25, -0.2) is 0 Å². The van der Waals surface area contributed by atoms with Gasteiger partial charge in [0.1, 0.15) is 0 Å². The summed E-state index contributed by atoms with van der Waals surface area (Å²) in [6.07, 6.45) is 0. The van der Waals surface area contributed by atoms with Crippen LogP contribution in [0.1, 0.15) is 0 Å². The summed E-state index contributed by atoms with van der Waals surface area (Å²) in [6, 6.07) is 66.9. The van der Waals surface area contributed by atoms with E-state index in [2.05, 4.69) is 214 Å². The number of benzene rings is 8. The molecule has 0 bridgehead atoms. The number of rotatable bonds is 7. The molecule has 0 radical (unpaired) electrons. The SMILES string of the molecule is Brc1cc(P(c2ccccc2)c2ccccc2)c(-c2c(P(c3ccccc3)c3ccccc3)cc(Br)c3ccccc23)c2ccccc12. The topological polar surface area (TPSA) is 0 Å². The van der Waals surface area contributed by atoms with Gasteiger partial charge in [-0.1, -0.05) is 202 Å². The Morgan fingerprint density at radius 3 is 0.833 bits per heavy atom. The van der Waals surface area contributed by atoms with Crippen molar-refractivity contribution in [3.05, 3.63) is 191 Å². The standard InChI is InChI=1S/C44H30Br2P2/c45-39-29-41(47(31-17-5-1-6-18-31)32-19-7-2-8-20-32)43(37-27-15-13-25-35(37)39)44-38-28-16-14-26-36(38)40(46)30-42(44)48(33-21-9-3-10-22-33)34-23-11-4-12-24-34/h1-30H. The van der Waals surface area contributed by atoms with Gasteiger partial charge in [0.2, 0.25) is 0 Å². The Labute approximate surface area is 301 Å². The van der Waals surface area contributed by atoms with Crippen LogP contribution in [0.2, 0.25) is 0 Å². The van der Waals surface area contributed by atoms with Crippen molar-refractivity contribution in [1.82, 2.24) is 0 Å². The highest BCUT2D eigenvalue weighted by atomic mass is 79.9. The van der Waals surface area contributed by atoms with E-state index in [9.17, 15) is 0 Å². The van der Waals surface area contributed by atoms with E-state index in [1.165, 1.54) is 64.5 Å². The van der Waals surface area contributed by atoms with Crippen LogP contribution in [0.5, 0.6) is 0 Å². The zero-order valence-electron chi connectivity index (χ0n) is 26.0. The van der Waals surface area contributed by atoms with Crippen LogP contribution in [0.3, 0.4) is 0 Å². The minimum atomic E-state index is -0.918. The molecule has 48 heavy (non-hydrogen) atoms. The molecule has 0 saturated carbocycles. The maximum atomic E-state index is 4.06. The van der Waals surface area contributed by atoms with Crippen molar-refractivity contribution < 1.29 is 0 Å².